The summed E-state index contributed by atoms with van der Waals surface area (Å²) in [4.78, 5) is 63.1. The van der Waals surface area contributed by atoms with Gasteiger partial charge in [0.2, 0.25) is 11.6 Å². The molecule has 11 heteroatoms. The Morgan fingerprint density at radius 3 is 2.25 bits per heavy atom. The molecule has 0 unspecified atom stereocenters. The summed E-state index contributed by atoms with van der Waals surface area (Å²) >= 11 is 0. The third-order valence-electron chi connectivity index (χ3n) is 6.88. The number of allylic oxidation sites excluding steroid dienone is 5. The largest absolute Gasteiger partial charge is 0.433 e. The molecule has 0 fully saturated rings. The van der Waals surface area contributed by atoms with Gasteiger partial charge in [0.05, 0.1) is 24.0 Å². The van der Waals surface area contributed by atoms with Gasteiger partial charge in [-0.05, 0) is 43.9 Å². The van der Waals surface area contributed by atoms with Gasteiger partial charge in [0.1, 0.15) is 0 Å². The van der Waals surface area contributed by atoms with Crippen LogP contribution in [0, 0.1) is 11.8 Å². The predicted molar refractivity (Wildman–Crippen MR) is 146 cm³/mol. The smallest absolute Gasteiger partial charge is 0.405 e. The number of amides is 2. The first kappa shape index (κ1) is 32.5. The average molecular weight is 559 g/mol. The fraction of sp³-hybridized carbons (Fsp3) is 0.483. The van der Waals surface area contributed by atoms with Gasteiger partial charge in [-0.3, -0.25) is 19.2 Å². The van der Waals surface area contributed by atoms with Crippen molar-refractivity contribution in [1.82, 2.24) is 5.32 Å². The molecule has 2 aliphatic rings. The minimum Gasteiger partial charge on any atom is -0.433 e. The second kappa shape index (κ2) is 14.6. The Hall–Kier alpha value is -3.67. The summed E-state index contributed by atoms with van der Waals surface area (Å²) in [6.45, 7) is 6.82. The molecule has 1 aliphatic carbocycles. The van der Waals surface area contributed by atoms with Crippen LogP contribution in [0.5, 0.6) is 0 Å². The van der Waals surface area contributed by atoms with Crippen molar-refractivity contribution in [2.75, 3.05) is 21.3 Å². The van der Waals surface area contributed by atoms with Gasteiger partial charge in [0.25, 0.3) is 5.91 Å². The number of ether oxygens (including phenoxy) is 4. The van der Waals surface area contributed by atoms with E-state index in [1.54, 1.807) is 13.0 Å². The molecular formula is C29H38N2O9. The van der Waals surface area contributed by atoms with Gasteiger partial charge in [-0.25, -0.2) is 4.79 Å². The number of fused-ring (bicyclic) bond motifs is 2. The second-order valence-electron chi connectivity index (χ2n) is 9.88. The molecule has 0 radical (unpaired) electrons. The van der Waals surface area contributed by atoms with Crippen LogP contribution in [0.1, 0.15) is 34.1 Å². The molecular weight excluding hydrogens is 520 g/mol. The van der Waals surface area contributed by atoms with E-state index in [0.29, 0.717) is 12.0 Å². The third-order valence-corrected chi connectivity index (χ3v) is 6.88. The van der Waals surface area contributed by atoms with Gasteiger partial charge >= 0.3 is 6.09 Å². The van der Waals surface area contributed by atoms with Crippen LogP contribution in [-0.4, -0.2) is 75.1 Å². The third kappa shape index (κ3) is 8.17. The van der Waals surface area contributed by atoms with Gasteiger partial charge in [-0.15, -0.1) is 0 Å². The van der Waals surface area contributed by atoms with E-state index in [4.69, 9.17) is 24.7 Å². The molecule has 0 aromatic rings. The minimum atomic E-state index is -1.30. The summed E-state index contributed by atoms with van der Waals surface area (Å²) in [7, 11) is 4.48. The van der Waals surface area contributed by atoms with Crippen LogP contribution in [-0.2, 0) is 38.1 Å². The van der Waals surface area contributed by atoms with Crippen molar-refractivity contribution in [3.8, 4) is 0 Å². The number of carbonyl (C=O) groups excluding carboxylic acids is 5. The summed E-state index contributed by atoms with van der Waals surface area (Å²) in [6.07, 6.45) is 3.96. The molecule has 0 aromatic carbocycles. The molecule has 0 saturated carbocycles. The van der Waals surface area contributed by atoms with Crippen LogP contribution in [0.4, 0.5) is 4.79 Å². The minimum absolute atomic E-state index is 0.113. The molecule has 11 nitrogen and oxygen atoms in total. The summed E-state index contributed by atoms with van der Waals surface area (Å²) in [5.74, 6) is -2.90. The number of ketones is 3. The Bertz CT molecular complexity index is 1180. The van der Waals surface area contributed by atoms with Crippen molar-refractivity contribution in [2.45, 2.75) is 58.5 Å². The maximum atomic E-state index is 13.3. The van der Waals surface area contributed by atoms with Crippen molar-refractivity contribution in [2.24, 2.45) is 17.6 Å². The summed E-state index contributed by atoms with van der Waals surface area (Å²) in [5, 5.41) is 2.48. The predicted octanol–water partition coefficient (Wildman–Crippen LogP) is 2.27. The Labute approximate surface area is 234 Å². The zero-order valence-electron chi connectivity index (χ0n) is 23.9. The lowest BCUT2D eigenvalue weighted by molar-refractivity contribution is -0.121. The van der Waals surface area contributed by atoms with E-state index in [1.807, 2.05) is 13.8 Å². The molecule has 40 heavy (non-hydrogen) atoms. The van der Waals surface area contributed by atoms with Crippen LogP contribution in [0.15, 0.2) is 58.9 Å². The highest BCUT2D eigenvalue weighted by atomic mass is 16.6. The zero-order chi connectivity index (χ0) is 30.1. The van der Waals surface area contributed by atoms with Gasteiger partial charge in [-0.1, -0.05) is 32.1 Å². The van der Waals surface area contributed by atoms with Crippen molar-refractivity contribution >= 4 is 29.4 Å². The monoisotopic (exact) mass is 558 g/mol. The molecule has 0 saturated heterocycles. The fourth-order valence-corrected chi connectivity index (χ4v) is 4.91. The number of hydrogen-bond acceptors (Lipinski definition) is 9. The molecule has 0 aromatic heterocycles. The summed E-state index contributed by atoms with van der Waals surface area (Å²) in [6, 6.07) is 0. The molecule has 6 atom stereocenters. The zero-order valence-corrected chi connectivity index (χ0v) is 23.9. The standard InChI is InChI=1S/C29H38N2O9/c1-15-9-8-10-22(33)26(40-29(30)36)16(2)11-17(3)27(39-7)23(37-5)12-18(4)25(38-6)20-13-19(32)14-21(24(20)34)31-28(15)35/h8-11,13-14,17-18,23,25-27H,12H2,1-7H3,(H2,30,36)(H,31,35)/b10-8-,15-9+,16-11+/t17-,18-,23-,25+,26-,27+/m0/s1. The van der Waals surface area contributed by atoms with Gasteiger partial charge in [-0.2, -0.15) is 0 Å². The molecule has 1 heterocycles. The normalized spacial score (nSPS) is 32.6. The van der Waals surface area contributed by atoms with E-state index >= 15 is 0 Å². The Balaban J connectivity index is 2.63. The van der Waals surface area contributed by atoms with Gasteiger partial charge < -0.3 is 30.0 Å². The van der Waals surface area contributed by atoms with Crippen LogP contribution in [0.2, 0.25) is 0 Å². The van der Waals surface area contributed by atoms with E-state index in [9.17, 15) is 24.0 Å². The maximum absolute atomic E-state index is 13.3. The number of nitrogens with two attached hydrogens (primary N) is 1. The summed E-state index contributed by atoms with van der Waals surface area (Å²) < 4.78 is 22.3. The van der Waals surface area contributed by atoms with Gasteiger partial charge in [0, 0.05) is 44.5 Å². The number of carbonyl (C=O) groups is 5. The molecule has 218 valence electrons. The van der Waals surface area contributed by atoms with E-state index in [1.165, 1.54) is 46.5 Å². The second-order valence-corrected chi connectivity index (χ2v) is 9.88. The first-order chi connectivity index (χ1) is 18.8. The molecule has 2 bridgehead atoms. The Morgan fingerprint density at radius 1 is 1.00 bits per heavy atom. The van der Waals surface area contributed by atoms with Crippen LogP contribution in [0.25, 0.3) is 0 Å². The molecule has 2 rings (SSSR count). The fourth-order valence-electron chi connectivity index (χ4n) is 4.91. The quantitative estimate of drug-likeness (QED) is 0.390. The highest BCUT2D eigenvalue weighted by Crippen LogP contribution is 2.29. The van der Waals surface area contributed by atoms with E-state index in [2.05, 4.69) is 5.32 Å². The van der Waals surface area contributed by atoms with Gasteiger partial charge in [0.15, 0.2) is 11.9 Å². The number of hydrogen-bond donors (Lipinski definition) is 2. The van der Waals surface area contributed by atoms with Crippen LogP contribution >= 0.6 is 0 Å². The highest BCUT2D eigenvalue weighted by molar-refractivity contribution is 6.22. The molecule has 0 spiro atoms. The van der Waals surface area contributed by atoms with E-state index in [0.717, 1.165) is 12.2 Å². The average Bonchev–Trinajstić information content (AvgIpc) is 2.88. The maximum Gasteiger partial charge on any atom is 0.405 e. The lowest BCUT2D eigenvalue weighted by Gasteiger charge is -2.33. The number of methoxy groups -OCH3 is 3. The molecule has 3 N–H and O–H groups in total. The Morgan fingerprint density at radius 2 is 1.68 bits per heavy atom. The van der Waals surface area contributed by atoms with Crippen molar-refractivity contribution in [1.29, 1.82) is 0 Å². The van der Waals surface area contributed by atoms with Crippen LogP contribution < -0.4 is 11.1 Å². The van der Waals surface area contributed by atoms with Crippen molar-refractivity contribution < 1.29 is 42.9 Å². The lowest BCUT2D eigenvalue weighted by atomic mass is 9.84. The molecule has 1 aliphatic heterocycles. The topological polar surface area (TPSA) is 160 Å². The number of nitrogens with one attached hydrogen (secondary N) is 1. The molecule has 2 amide bonds. The first-order valence-corrected chi connectivity index (χ1v) is 12.8. The van der Waals surface area contributed by atoms with E-state index < -0.39 is 53.8 Å². The SMILES string of the molecule is CO[C@H]1[C@@H](OC)C[C@H](C)[C@@H](OC)C2=CC(=O)C=C(NC(=O)/C(C)=C/C=C\C(=O)[C@@H](OC(N)=O)/C(C)=C/[C@@H]1C)C2=O. The highest BCUT2D eigenvalue weighted by Gasteiger charge is 2.36. The van der Waals surface area contributed by atoms with E-state index in [-0.39, 0.29) is 28.7 Å². The number of Topliss-reactive ketones (excluding diaryl/α,β-unsaturated/α-hetero) is 1. The lowest BCUT2D eigenvalue weighted by Crippen LogP contribution is -2.40. The number of primary amides is 1. The summed E-state index contributed by atoms with van der Waals surface area (Å²) in [5.41, 5.74) is 5.72. The van der Waals surface area contributed by atoms with Crippen molar-refractivity contribution in [3.63, 3.8) is 0 Å². The van der Waals surface area contributed by atoms with Crippen molar-refractivity contribution in [3.05, 3.63) is 58.9 Å². The number of rotatable bonds is 4. The van der Waals surface area contributed by atoms with Crippen LogP contribution in [0.3, 0.4) is 0 Å². The Kier molecular flexibility index (Phi) is 11.9. The first-order valence-electron chi connectivity index (χ1n) is 12.8.